The average molecular weight is 419 g/mol. The first-order valence-electron chi connectivity index (χ1n) is 10.8. The second-order valence-electron chi connectivity index (χ2n) is 7.73. The Hall–Kier alpha value is -2.86. The molecule has 1 aliphatic rings. The van der Waals surface area contributed by atoms with E-state index < -0.39 is 6.61 Å². The van der Waals surface area contributed by atoms with Crippen LogP contribution in [0.5, 0.6) is 0 Å². The fourth-order valence-electron chi connectivity index (χ4n) is 3.52. The molecule has 0 unspecified atom stereocenters. The number of aliphatic hydroxyl groups excluding tert-OH is 1. The van der Waals surface area contributed by atoms with Gasteiger partial charge in [-0.15, -0.1) is 0 Å². The lowest BCUT2D eigenvalue weighted by atomic mass is 10.1. The van der Waals surface area contributed by atoms with Gasteiger partial charge in [-0.2, -0.15) is 0 Å². The molecular formula is C26H30N2O3. The number of piperazine rings is 1. The number of allylic oxidation sites excluding steroid dienone is 1. The summed E-state index contributed by atoms with van der Waals surface area (Å²) in [5.41, 5.74) is 3.67. The molecule has 0 saturated carbocycles. The number of benzene rings is 2. The van der Waals surface area contributed by atoms with E-state index >= 15 is 0 Å². The number of nitrogens with zero attached hydrogens (tertiary/aromatic N) is 2. The van der Waals surface area contributed by atoms with Gasteiger partial charge in [-0.3, -0.25) is 14.5 Å². The molecule has 162 valence electrons. The highest BCUT2D eigenvalue weighted by Crippen LogP contribution is 2.13. The first-order chi connectivity index (χ1) is 15.1. The van der Waals surface area contributed by atoms with Gasteiger partial charge in [0.05, 0.1) is 0 Å². The minimum atomic E-state index is -0.490. The molecular weight excluding hydrogens is 388 g/mol. The summed E-state index contributed by atoms with van der Waals surface area (Å²) in [6.45, 7) is 8.17. The van der Waals surface area contributed by atoms with Crippen LogP contribution in [-0.2, 0) is 11.3 Å². The first-order valence-corrected chi connectivity index (χ1v) is 10.8. The third kappa shape index (κ3) is 7.10. The van der Waals surface area contributed by atoms with Crippen molar-refractivity contribution in [2.24, 2.45) is 0 Å². The van der Waals surface area contributed by atoms with Crippen LogP contribution in [0.3, 0.4) is 0 Å². The zero-order valence-corrected chi connectivity index (χ0v) is 18.0. The van der Waals surface area contributed by atoms with Gasteiger partial charge >= 0.3 is 0 Å². The molecule has 0 aliphatic carbocycles. The smallest absolute Gasteiger partial charge is 0.185 e. The highest BCUT2D eigenvalue weighted by atomic mass is 16.3. The van der Waals surface area contributed by atoms with Crippen LogP contribution in [0.1, 0.15) is 34.0 Å². The molecule has 0 radical (unpaired) electrons. The molecule has 1 N–H and O–H groups in total. The molecule has 1 fully saturated rings. The van der Waals surface area contributed by atoms with E-state index in [4.69, 9.17) is 5.11 Å². The molecule has 1 heterocycles. The maximum absolute atomic E-state index is 12.5. The van der Waals surface area contributed by atoms with E-state index in [1.54, 1.807) is 18.2 Å². The molecule has 3 rings (SSSR count). The summed E-state index contributed by atoms with van der Waals surface area (Å²) >= 11 is 0. The lowest BCUT2D eigenvalue weighted by Crippen LogP contribution is -2.45. The predicted octanol–water partition coefficient (Wildman–Crippen LogP) is 3.29. The maximum Gasteiger partial charge on any atom is 0.185 e. The van der Waals surface area contributed by atoms with Crippen molar-refractivity contribution in [1.82, 2.24) is 9.80 Å². The second-order valence-corrected chi connectivity index (χ2v) is 7.73. The monoisotopic (exact) mass is 418 g/mol. The van der Waals surface area contributed by atoms with Crippen molar-refractivity contribution in [2.45, 2.75) is 13.5 Å². The van der Waals surface area contributed by atoms with Crippen LogP contribution < -0.4 is 0 Å². The normalized spacial score (nSPS) is 15.7. The Balaban J connectivity index is 1.52. The molecule has 0 aromatic heterocycles. The molecule has 0 bridgehead atoms. The van der Waals surface area contributed by atoms with Gasteiger partial charge < -0.3 is 10.0 Å². The van der Waals surface area contributed by atoms with Gasteiger partial charge in [0.15, 0.2) is 11.6 Å². The fourth-order valence-corrected chi connectivity index (χ4v) is 3.52. The van der Waals surface area contributed by atoms with Crippen molar-refractivity contribution >= 4 is 23.7 Å². The number of carbonyl (C=O) groups is 2. The van der Waals surface area contributed by atoms with Crippen LogP contribution in [0.4, 0.5) is 0 Å². The highest BCUT2D eigenvalue weighted by Gasteiger charge is 2.15. The van der Waals surface area contributed by atoms with Crippen molar-refractivity contribution in [3.63, 3.8) is 0 Å². The Morgan fingerprint density at radius 1 is 0.839 bits per heavy atom. The van der Waals surface area contributed by atoms with Crippen molar-refractivity contribution in [3.05, 3.63) is 82.9 Å². The fraction of sp³-hybridized carbons (Fsp3) is 0.308. The quantitative estimate of drug-likeness (QED) is 0.500. The number of ketones is 2. The minimum Gasteiger partial charge on any atom is -0.388 e. The molecule has 2 aromatic rings. The van der Waals surface area contributed by atoms with Gasteiger partial charge in [0.1, 0.15) is 6.61 Å². The van der Waals surface area contributed by atoms with E-state index in [1.165, 1.54) is 11.6 Å². The summed E-state index contributed by atoms with van der Waals surface area (Å²) in [6, 6.07) is 15.4. The Kier molecular flexibility index (Phi) is 8.47. The van der Waals surface area contributed by atoms with Crippen LogP contribution in [0.15, 0.2) is 60.7 Å². The number of hydrogen-bond acceptors (Lipinski definition) is 5. The van der Waals surface area contributed by atoms with Crippen LogP contribution in [0.25, 0.3) is 12.2 Å². The lowest BCUT2D eigenvalue weighted by molar-refractivity contribution is -0.117. The number of carbonyl (C=O) groups excluding carboxylic acids is 2. The molecule has 1 aliphatic heterocycles. The van der Waals surface area contributed by atoms with Crippen molar-refractivity contribution in [1.29, 1.82) is 0 Å². The van der Waals surface area contributed by atoms with Crippen molar-refractivity contribution in [3.8, 4) is 0 Å². The molecule has 2 aromatic carbocycles. The summed E-state index contributed by atoms with van der Waals surface area (Å²) in [7, 11) is 0. The maximum atomic E-state index is 12.5. The summed E-state index contributed by atoms with van der Waals surface area (Å²) in [5, 5.41) is 8.73. The van der Waals surface area contributed by atoms with Crippen LogP contribution in [-0.4, -0.2) is 65.8 Å². The first kappa shape index (κ1) is 22.8. The lowest BCUT2D eigenvalue weighted by Gasteiger charge is -2.34. The number of rotatable bonds is 9. The number of hydrogen-bond donors (Lipinski definition) is 1. The number of aliphatic hydroxyl groups is 1. The van der Waals surface area contributed by atoms with Crippen molar-refractivity contribution in [2.75, 3.05) is 39.3 Å². The minimum absolute atomic E-state index is 0.0272. The standard InChI is InChI=1S/C26H30N2O3/c1-2-27-15-17-28(18-16-27)19-23-7-11-24(12-8-23)26(31)14-10-22-5-3-21(4-6-22)9-13-25(30)20-29/h3-14,29H,2,15-20H2,1H3/b13-9+,14-10+. The molecule has 5 heteroatoms. The highest BCUT2D eigenvalue weighted by molar-refractivity contribution is 6.06. The van der Waals surface area contributed by atoms with E-state index in [-0.39, 0.29) is 11.6 Å². The summed E-state index contributed by atoms with van der Waals surface area (Å²) < 4.78 is 0. The zero-order chi connectivity index (χ0) is 22.1. The Bertz CT molecular complexity index is 922. The predicted molar refractivity (Wildman–Crippen MR) is 125 cm³/mol. The Labute approximate surface area is 184 Å². The van der Waals surface area contributed by atoms with E-state index in [1.807, 2.05) is 48.5 Å². The van der Waals surface area contributed by atoms with Gasteiger partial charge in [-0.05, 0) is 35.4 Å². The molecule has 5 nitrogen and oxygen atoms in total. The van der Waals surface area contributed by atoms with Crippen molar-refractivity contribution < 1.29 is 14.7 Å². The molecule has 1 saturated heterocycles. The van der Waals surface area contributed by atoms with Crippen LogP contribution in [0.2, 0.25) is 0 Å². The topological polar surface area (TPSA) is 60.9 Å². The zero-order valence-electron chi connectivity index (χ0n) is 18.0. The number of likely N-dealkylation sites (N-methyl/N-ethyl adjacent to an activating group) is 1. The Morgan fingerprint density at radius 2 is 1.39 bits per heavy atom. The van der Waals surface area contributed by atoms with Gasteiger partial charge in [-0.1, -0.05) is 67.6 Å². The van der Waals surface area contributed by atoms with Crippen LogP contribution in [0, 0.1) is 0 Å². The third-order valence-corrected chi connectivity index (χ3v) is 5.54. The van der Waals surface area contributed by atoms with E-state index in [9.17, 15) is 9.59 Å². The molecule has 31 heavy (non-hydrogen) atoms. The van der Waals surface area contributed by atoms with Crippen LogP contribution >= 0.6 is 0 Å². The van der Waals surface area contributed by atoms with Gasteiger partial charge in [0.25, 0.3) is 0 Å². The van der Waals surface area contributed by atoms with Gasteiger partial charge in [0.2, 0.25) is 0 Å². The Morgan fingerprint density at radius 3 is 1.94 bits per heavy atom. The largest absolute Gasteiger partial charge is 0.388 e. The molecule has 0 amide bonds. The van der Waals surface area contributed by atoms with E-state index in [0.29, 0.717) is 5.56 Å². The molecule has 0 spiro atoms. The third-order valence-electron chi connectivity index (χ3n) is 5.54. The molecule has 0 atom stereocenters. The summed E-state index contributed by atoms with van der Waals surface area (Å²) in [5.74, 6) is -0.361. The second kappa shape index (κ2) is 11.5. The average Bonchev–Trinajstić information content (AvgIpc) is 2.82. The SMILES string of the molecule is CCN1CCN(Cc2ccc(C(=O)/C=C/c3ccc(/C=C/C(=O)CO)cc3)cc2)CC1. The van der Waals surface area contributed by atoms with E-state index in [2.05, 4.69) is 16.7 Å². The van der Waals surface area contributed by atoms with Gasteiger partial charge in [0, 0.05) is 38.3 Å². The summed E-state index contributed by atoms with van der Waals surface area (Å²) in [4.78, 5) is 28.5. The summed E-state index contributed by atoms with van der Waals surface area (Å²) in [6.07, 6.45) is 6.38. The van der Waals surface area contributed by atoms with Gasteiger partial charge in [-0.25, -0.2) is 0 Å². The van der Waals surface area contributed by atoms with E-state index in [0.717, 1.165) is 50.4 Å².